The van der Waals surface area contributed by atoms with Gasteiger partial charge in [-0.2, -0.15) is 0 Å². The second-order valence-electron chi connectivity index (χ2n) is 2.60. The Balaban J connectivity index is 2.80. The number of hydrogen-bond acceptors (Lipinski definition) is 4. The highest BCUT2D eigenvalue weighted by Gasteiger charge is 2.11. The minimum Gasteiger partial charge on any atom is -0.460 e. The Labute approximate surface area is 86.2 Å². The molecule has 5 heteroatoms. The molecule has 0 aliphatic carbocycles. The molecule has 0 saturated carbocycles. The lowest BCUT2D eigenvalue weighted by molar-refractivity contribution is 0.0434. The third-order valence-electron chi connectivity index (χ3n) is 1.54. The topological polar surface area (TPSA) is 72.6 Å². The van der Waals surface area contributed by atoms with E-state index in [1.807, 2.05) is 0 Å². The zero-order valence-electron chi connectivity index (χ0n) is 7.37. The second-order valence-corrected chi connectivity index (χ2v) is 3.01. The van der Waals surface area contributed by atoms with E-state index in [0.717, 1.165) is 0 Å². The van der Waals surface area contributed by atoms with Crippen LogP contribution in [0.15, 0.2) is 18.2 Å². The number of carbonyl (C=O) groups is 1. The number of ether oxygens (including phenoxy) is 1. The summed E-state index contributed by atoms with van der Waals surface area (Å²) in [4.78, 5) is 11.3. The fourth-order valence-corrected chi connectivity index (χ4v) is 1.18. The monoisotopic (exact) mass is 215 g/mol. The van der Waals surface area contributed by atoms with E-state index in [1.165, 1.54) is 12.1 Å². The minimum atomic E-state index is -0.566. The molecule has 76 valence electrons. The molecular formula is C9H10ClNO3. The maximum Gasteiger partial charge on any atom is 0.339 e. The van der Waals surface area contributed by atoms with Crippen LogP contribution in [0.5, 0.6) is 0 Å². The van der Waals surface area contributed by atoms with Gasteiger partial charge in [-0.15, -0.1) is 0 Å². The number of aliphatic hydroxyl groups excluding tert-OH is 1. The fraction of sp³-hybridized carbons (Fsp3) is 0.222. The molecule has 14 heavy (non-hydrogen) atoms. The highest BCUT2D eigenvalue weighted by atomic mass is 35.5. The van der Waals surface area contributed by atoms with E-state index in [0.29, 0.717) is 5.69 Å². The van der Waals surface area contributed by atoms with Crippen molar-refractivity contribution in [1.29, 1.82) is 0 Å². The molecule has 0 aliphatic rings. The standard InChI is InChI=1S/C9H10ClNO3/c10-8-5-6(11)1-2-7(8)9(13)14-4-3-12/h1-2,5,12H,3-4,11H2. The molecule has 4 nitrogen and oxygen atoms in total. The van der Waals surface area contributed by atoms with Gasteiger partial charge in [0.25, 0.3) is 0 Å². The maximum absolute atomic E-state index is 11.3. The summed E-state index contributed by atoms with van der Waals surface area (Å²) in [5.74, 6) is -0.566. The average molecular weight is 216 g/mol. The summed E-state index contributed by atoms with van der Waals surface area (Å²) in [7, 11) is 0. The number of benzene rings is 1. The first-order valence-electron chi connectivity index (χ1n) is 3.98. The number of aliphatic hydroxyl groups is 1. The Morgan fingerprint density at radius 1 is 1.57 bits per heavy atom. The third-order valence-corrected chi connectivity index (χ3v) is 1.85. The van der Waals surface area contributed by atoms with Crippen LogP contribution in [0.2, 0.25) is 5.02 Å². The molecule has 0 fully saturated rings. The van der Waals surface area contributed by atoms with Crippen molar-refractivity contribution in [1.82, 2.24) is 0 Å². The first-order chi connectivity index (χ1) is 6.65. The molecule has 1 aromatic rings. The van der Waals surface area contributed by atoms with Gasteiger partial charge in [0.2, 0.25) is 0 Å². The largest absolute Gasteiger partial charge is 0.460 e. The van der Waals surface area contributed by atoms with Crippen molar-refractivity contribution in [2.24, 2.45) is 0 Å². The van der Waals surface area contributed by atoms with Crippen molar-refractivity contribution in [2.75, 3.05) is 18.9 Å². The van der Waals surface area contributed by atoms with Gasteiger partial charge in [0.05, 0.1) is 17.2 Å². The summed E-state index contributed by atoms with van der Waals surface area (Å²) in [6, 6.07) is 4.51. The SMILES string of the molecule is Nc1ccc(C(=O)OCCO)c(Cl)c1. The van der Waals surface area contributed by atoms with Crippen LogP contribution in [0.25, 0.3) is 0 Å². The lowest BCUT2D eigenvalue weighted by atomic mass is 10.2. The molecule has 0 amide bonds. The Morgan fingerprint density at radius 3 is 2.86 bits per heavy atom. The van der Waals surface area contributed by atoms with Crippen molar-refractivity contribution >= 4 is 23.3 Å². The maximum atomic E-state index is 11.3. The smallest absolute Gasteiger partial charge is 0.339 e. The minimum absolute atomic E-state index is 0.0421. The molecule has 0 bridgehead atoms. The van der Waals surface area contributed by atoms with Crippen molar-refractivity contribution < 1.29 is 14.6 Å². The van der Waals surface area contributed by atoms with Gasteiger partial charge in [-0.1, -0.05) is 11.6 Å². The summed E-state index contributed by atoms with van der Waals surface area (Å²) >= 11 is 5.76. The van der Waals surface area contributed by atoms with E-state index in [-0.39, 0.29) is 23.8 Å². The number of carbonyl (C=O) groups excluding carboxylic acids is 1. The lowest BCUT2D eigenvalue weighted by Gasteiger charge is -2.04. The van der Waals surface area contributed by atoms with Gasteiger partial charge in [-0.05, 0) is 18.2 Å². The molecular weight excluding hydrogens is 206 g/mol. The van der Waals surface area contributed by atoms with Gasteiger partial charge in [0, 0.05) is 5.69 Å². The molecule has 0 radical (unpaired) electrons. The average Bonchev–Trinajstić information content (AvgIpc) is 2.14. The number of esters is 1. The highest BCUT2D eigenvalue weighted by molar-refractivity contribution is 6.33. The fourth-order valence-electron chi connectivity index (χ4n) is 0.913. The molecule has 0 saturated heterocycles. The molecule has 3 N–H and O–H groups in total. The van der Waals surface area contributed by atoms with Crippen LogP contribution in [0.4, 0.5) is 5.69 Å². The highest BCUT2D eigenvalue weighted by Crippen LogP contribution is 2.19. The predicted octanol–water partition coefficient (Wildman–Crippen LogP) is 1.07. The number of halogens is 1. The summed E-state index contributed by atoms with van der Waals surface area (Å²) in [5, 5.41) is 8.69. The quantitative estimate of drug-likeness (QED) is 0.585. The zero-order chi connectivity index (χ0) is 10.6. The predicted molar refractivity (Wildman–Crippen MR) is 53.2 cm³/mol. The number of anilines is 1. The van der Waals surface area contributed by atoms with Crippen LogP contribution in [0.3, 0.4) is 0 Å². The van der Waals surface area contributed by atoms with E-state index < -0.39 is 5.97 Å². The lowest BCUT2D eigenvalue weighted by Crippen LogP contribution is -2.09. The van der Waals surface area contributed by atoms with E-state index in [9.17, 15) is 4.79 Å². The van der Waals surface area contributed by atoms with Gasteiger partial charge in [0.1, 0.15) is 6.61 Å². The first kappa shape index (κ1) is 10.8. The molecule has 0 spiro atoms. The summed E-state index contributed by atoms with van der Waals surface area (Å²) in [5.41, 5.74) is 6.18. The Hall–Kier alpha value is -1.26. The van der Waals surface area contributed by atoms with Crippen molar-refractivity contribution in [2.45, 2.75) is 0 Å². The normalized spacial score (nSPS) is 9.86. The molecule has 1 rings (SSSR count). The second kappa shape index (κ2) is 4.83. The Morgan fingerprint density at radius 2 is 2.29 bits per heavy atom. The van der Waals surface area contributed by atoms with E-state index in [2.05, 4.69) is 4.74 Å². The van der Waals surface area contributed by atoms with Crippen LogP contribution >= 0.6 is 11.6 Å². The number of nitrogens with two attached hydrogens (primary N) is 1. The Bertz CT molecular complexity index is 341. The van der Waals surface area contributed by atoms with Crippen LogP contribution in [-0.2, 0) is 4.74 Å². The molecule has 0 aliphatic heterocycles. The van der Waals surface area contributed by atoms with E-state index >= 15 is 0 Å². The van der Waals surface area contributed by atoms with Crippen molar-refractivity contribution in [3.8, 4) is 0 Å². The van der Waals surface area contributed by atoms with Crippen LogP contribution in [0, 0.1) is 0 Å². The molecule has 0 heterocycles. The Kier molecular flexibility index (Phi) is 3.73. The van der Waals surface area contributed by atoms with Crippen LogP contribution < -0.4 is 5.73 Å². The summed E-state index contributed by atoms with van der Waals surface area (Å²) < 4.78 is 4.68. The molecule has 0 unspecified atom stereocenters. The van der Waals surface area contributed by atoms with Crippen LogP contribution in [-0.4, -0.2) is 24.3 Å². The van der Waals surface area contributed by atoms with Gasteiger partial charge < -0.3 is 15.6 Å². The first-order valence-corrected chi connectivity index (χ1v) is 4.36. The van der Waals surface area contributed by atoms with E-state index in [4.69, 9.17) is 22.4 Å². The van der Waals surface area contributed by atoms with Gasteiger partial charge in [0.15, 0.2) is 0 Å². The van der Waals surface area contributed by atoms with Gasteiger partial charge >= 0.3 is 5.97 Å². The van der Waals surface area contributed by atoms with Crippen molar-refractivity contribution in [3.05, 3.63) is 28.8 Å². The van der Waals surface area contributed by atoms with Crippen LogP contribution in [0.1, 0.15) is 10.4 Å². The number of rotatable bonds is 3. The van der Waals surface area contributed by atoms with Crippen molar-refractivity contribution in [3.63, 3.8) is 0 Å². The summed E-state index contributed by atoms with van der Waals surface area (Å²) in [6.45, 7) is -0.252. The molecule has 0 aromatic heterocycles. The zero-order valence-corrected chi connectivity index (χ0v) is 8.12. The number of hydrogen-bond donors (Lipinski definition) is 2. The number of nitrogen functional groups attached to an aromatic ring is 1. The van der Waals surface area contributed by atoms with Gasteiger partial charge in [-0.3, -0.25) is 0 Å². The summed E-state index contributed by atoms with van der Waals surface area (Å²) in [6.07, 6.45) is 0. The van der Waals surface area contributed by atoms with Gasteiger partial charge in [-0.25, -0.2) is 4.79 Å². The van der Waals surface area contributed by atoms with E-state index in [1.54, 1.807) is 6.07 Å². The molecule has 0 atom stereocenters. The third kappa shape index (κ3) is 2.61. The molecule has 1 aromatic carbocycles.